The molecule has 7 nitrogen and oxygen atoms in total. The van der Waals surface area contributed by atoms with Crippen LogP contribution >= 0.6 is 11.6 Å². The molecule has 1 saturated carbocycles. The zero-order chi connectivity index (χ0) is 18.4. The maximum atomic E-state index is 11.7. The van der Waals surface area contributed by atoms with Crippen molar-refractivity contribution in [1.82, 2.24) is 20.9 Å². The molecular weight excluding hydrogens is 352 g/mol. The number of nitrogens with one attached hydrogen (secondary N) is 3. The molecule has 0 bridgehead atoms. The zero-order valence-electron chi connectivity index (χ0n) is 15.2. The Morgan fingerprint density at radius 1 is 1.35 bits per heavy atom. The Hall–Kier alpha value is -2.02. The van der Waals surface area contributed by atoms with E-state index < -0.39 is 0 Å². The topological polar surface area (TPSA) is 81.6 Å². The first-order valence-corrected chi connectivity index (χ1v) is 9.65. The Morgan fingerprint density at radius 3 is 2.92 bits per heavy atom. The van der Waals surface area contributed by atoms with Crippen LogP contribution in [0.3, 0.4) is 0 Å². The van der Waals surface area contributed by atoms with E-state index in [1.54, 1.807) is 13.2 Å². The van der Waals surface area contributed by atoms with Gasteiger partial charge in [-0.15, -0.1) is 0 Å². The van der Waals surface area contributed by atoms with Gasteiger partial charge in [0.25, 0.3) is 0 Å². The fraction of sp³-hybridized carbons (Fsp3) is 0.611. The highest BCUT2D eigenvalue weighted by molar-refractivity contribution is 6.32. The number of guanidine groups is 1. The maximum Gasteiger partial charge on any atom is 0.220 e. The molecule has 1 atom stereocenters. The number of aliphatic imine (C=N–C) groups is 1. The van der Waals surface area contributed by atoms with Gasteiger partial charge in [-0.1, -0.05) is 11.6 Å². The number of anilines is 1. The highest BCUT2D eigenvalue weighted by Gasteiger charge is 2.25. The van der Waals surface area contributed by atoms with Gasteiger partial charge in [0.15, 0.2) is 5.96 Å². The van der Waals surface area contributed by atoms with Gasteiger partial charge in [0.1, 0.15) is 5.82 Å². The van der Waals surface area contributed by atoms with Crippen molar-refractivity contribution in [3.63, 3.8) is 0 Å². The van der Waals surface area contributed by atoms with Crippen LogP contribution in [-0.4, -0.2) is 55.6 Å². The van der Waals surface area contributed by atoms with Crippen molar-refractivity contribution >= 4 is 29.3 Å². The molecule has 0 radical (unpaired) electrons. The summed E-state index contributed by atoms with van der Waals surface area (Å²) in [4.78, 5) is 22.5. The Bertz CT molecular complexity index is 648. The molecule has 1 saturated heterocycles. The summed E-state index contributed by atoms with van der Waals surface area (Å²) in [5.74, 6) is 1.76. The number of pyridine rings is 1. The second kappa shape index (κ2) is 9.07. The maximum absolute atomic E-state index is 11.7. The van der Waals surface area contributed by atoms with Crippen molar-refractivity contribution in [2.75, 3.05) is 31.6 Å². The van der Waals surface area contributed by atoms with Gasteiger partial charge in [-0.3, -0.25) is 9.79 Å². The molecule has 2 aliphatic rings. The third kappa shape index (κ3) is 5.49. The predicted molar refractivity (Wildman–Crippen MR) is 105 cm³/mol. The molecule has 1 unspecified atom stereocenters. The predicted octanol–water partition coefficient (Wildman–Crippen LogP) is 1.54. The molecule has 0 aromatic carbocycles. The van der Waals surface area contributed by atoms with E-state index in [4.69, 9.17) is 11.6 Å². The average molecular weight is 379 g/mol. The first-order valence-electron chi connectivity index (χ1n) is 9.27. The van der Waals surface area contributed by atoms with Gasteiger partial charge >= 0.3 is 0 Å². The lowest BCUT2D eigenvalue weighted by Crippen LogP contribution is -2.45. The van der Waals surface area contributed by atoms with Crippen LogP contribution in [0.15, 0.2) is 23.3 Å². The van der Waals surface area contributed by atoms with Crippen molar-refractivity contribution in [3.8, 4) is 0 Å². The highest BCUT2D eigenvalue weighted by atomic mass is 35.5. The number of halogens is 1. The van der Waals surface area contributed by atoms with Gasteiger partial charge < -0.3 is 20.9 Å². The van der Waals surface area contributed by atoms with E-state index in [9.17, 15) is 4.79 Å². The smallest absolute Gasteiger partial charge is 0.220 e. The molecule has 1 aromatic heterocycles. The summed E-state index contributed by atoms with van der Waals surface area (Å²) in [6.45, 7) is 2.47. The molecule has 1 amide bonds. The zero-order valence-corrected chi connectivity index (χ0v) is 15.9. The van der Waals surface area contributed by atoms with Gasteiger partial charge in [0, 0.05) is 51.4 Å². The molecule has 0 spiro atoms. The fourth-order valence-electron chi connectivity index (χ4n) is 3.05. The number of nitrogens with zero attached hydrogens (tertiary/aromatic N) is 3. The van der Waals surface area contributed by atoms with Crippen LogP contribution in [0.2, 0.25) is 5.02 Å². The molecule has 3 rings (SSSR count). The summed E-state index contributed by atoms with van der Waals surface area (Å²) in [6, 6.07) is 4.43. The first kappa shape index (κ1) is 18.8. The Balaban J connectivity index is 1.37. The summed E-state index contributed by atoms with van der Waals surface area (Å²) in [6.07, 6.45) is 6.36. The number of carbonyl (C=O) groups excluding carboxylic acids is 1. The van der Waals surface area contributed by atoms with Crippen LogP contribution in [0, 0.1) is 0 Å². The second-order valence-corrected chi connectivity index (χ2v) is 7.24. The molecule has 8 heteroatoms. The van der Waals surface area contributed by atoms with E-state index in [0.717, 1.165) is 57.1 Å². The monoisotopic (exact) mass is 378 g/mol. The van der Waals surface area contributed by atoms with E-state index in [1.807, 2.05) is 12.1 Å². The lowest BCUT2D eigenvalue weighted by molar-refractivity contribution is -0.121. The van der Waals surface area contributed by atoms with E-state index in [1.165, 1.54) is 0 Å². The SMILES string of the molecule is CN=C(NCCCC(=O)NC1CC1)NC1CCN(c2ncccc2Cl)C1. The van der Waals surface area contributed by atoms with Crippen LogP contribution in [-0.2, 0) is 4.79 Å². The van der Waals surface area contributed by atoms with Crippen LogP contribution in [0.4, 0.5) is 5.82 Å². The molecule has 2 fully saturated rings. The van der Waals surface area contributed by atoms with Gasteiger partial charge in [0.05, 0.1) is 5.02 Å². The third-order valence-corrected chi connectivity index (χ3v) is 4.90. The van der Waals surface area contributed by atoms with Crippen LogP contribution in [0.5, 0.6) is 0 Å². The Morgan fingerprint density at radius 2 is 2.19 bits per heavy atom. The van der Waals surface area contributed by atoms with Crippen molar-refractivity contribution in [2.45, 2.75) is 44.2 Å². The molecule has 1 aliphatic carbocycles. The molecule has 3 N–H and O–H groups in total. The van der Waals surface area contributed by atoms with Gasteiger partial charge in [-0.2, -0.15) is 0 Å². The van der Waals surface area contributed by atoms with Gasteiger partial charge in [-0.05, 0) is 37.8 Å². The fourth-order valence-corrected chi connectivity index (χ4v) is 3.29. The van der Waals surface area contributed by atoms with Crippen LogP contribution < -0.4 is 20.9 Å². The van der Waals surface area contributed by atoms with Crippen molar-refractivity contribution in [3.05, 3.63) is 23.4 Å². The van der Waals surface area contributed by atoms with Crippen molar-refractivity contribution in [1.29, 1.82) is 0 Å². The first-order chi connectivity index (χ1) is 12.7. The summed E-state index contributed by atoms with van der Waals surface area (Å²) < 4.78 is 0. The lowest BCUT2D eigenvalue weighted by atomic mass is 10.2. The van der Waals surface area contributed by atoms with E-state index in [0.29, 0.717) is 17.5 Å². The minimum absolute atomic E-state index is 0.149. The number of aromatic nitrogens is 1. The van der Waals surface area contributed by atoms with Crippen LogP contribution in [0.25, 0.3) is 0 Å². The van der Waals surface area contributed by atoms with Crippen LogP contribution in [0.1, 0.15) is 32.1 Å². The number of hydrogen-bond acceptors (Lipinski definition) is 4. The van der Waals surface area contributed by atoms with E-state index in [-0.39, 0.29) is 11.9 Å². The minimum Gasteiger partial charge on any atom is -0.356 e. The molecule has 2 heterocycles. The number of rotatable bonds is 7. The molecule has 26 heavy (non-hydrogen) atoms. The average Bonchev–Trinajstić information content (AvgIpc) is 3.33. The lowest BCUT2D eigenvalue weighted by Gasteiger charge is -2.20. The third-order valence-electron chi connectivity index (χ3n) is 4.61. The van der Waals surface area contributed by atoms with Crippen molar-refractivity contribution < 1.29 is 4.79 Å². The molecule has 1 aliphatic heterocycles. The summed E-state index contributed by atoms with van der Waals surface area (Å²) in [5, 5.41) is 10.4. The largest absolute Gasteiger partial charge is 0.356 e. The van der Waals surface area contributed by atoms with Crippen molar-refractivity contribution in [2.24, 2.45) is 4.99 Å². The molecule has 142 valence electrons. The Kier molecular flexibility index (Phi) is 6.55. The minimum atomic E-state index is 0.149. The normalized spacial score (nSPS) is 20.2. The summed E-state index contributed by atoms with van der Waals surface area (Å²) in [5.41, 5.74) is 0. The number of hydrogen-bond donors (Lipinski definition) is 3. The summed E-state index contributed by atoms with van der Waals surface area (Å²) in [7, 11) is 1.76. The summed E-state index contributed by atoms with van der Waals surface area (Å²) >= 11 is 6.24. The molecule has 1 aromatic rings. The highest BCUT2D eigenvalue weighted by Crippen LogP contribution is 2.25. The second-order valence-electron chi connectivity index (χ2n) is 6.83. The Labute approximate surface area is 159 Å². The van der Waals surface area contributed by atoms with E-state index >= 15 is 0 Å². The number of amides is 1. The quantitative estimate of drug-likeness (QED) is 0.381. The van der Waals surface area contributed by atoms with E-state index in [2.05, 4.69) is 30.8 Å². The number of carbonyl (C=O) groups is 1. The van der Waals surface area contributed by atoms with Gasteiger partial charge in [-0.25, -0.2) is 4.98 Å². The van der Waals surface area contributed by atoms with Gasteiger partial charge in [0.2, 0.25) is 5.91 Å². The standard InChI is InChI=1S/C18H27ClN6O/c1-20-18(22-10-3-5-16(26)23-13-6-7-13)24-14-8-11-25(12-14)17-15(19)4-2-9-21-17/h2,4,9,13-14H,3,5-8,10-12H2,1H3,(H,23,26)(H2,20,22,24). The molecular formula is C18H27ClN6O.